The summed E-state index contributed by atoms with van der Waals surface area (Å²) in [6.07, 6.45) is 2.49. The number of rotatable bonds is 8. The Labute approximate surface area is 129 Å². The van der Waals surface area contributed by atoms with E-state index in [2.05, 4.69) is 58.1 Å². The second-order valence-electron chi connectivity index (χ2n) is 6.04. The minimum absolute atomic E-state index is 0.310. The third-order valence-corrected chi connectivity index (χ3v) is 3.88. The molecule has 0 aliphatic carbocycles. The molecule has 116 valence electrons. The SMILES string of the molecule is CCC(C#N)(CCCOc1ccc(C)c(C)c1)NC(C)C. The minimum Gasteiger partial charge on any atom is -0.494 e. The van der Waals surface area contributed by atoms with Gasteiger partial charge in [-0.2, -0.15) is 5.26 Å². The van der Waals surface area contributed by atoms with E-state index in [-0.39, 0.29) is 0 Å². The molecule has 0 aliphatic heterocycles. The number of hydrogen-bond acceptors (Lipinski definition) is 3. The van der Waals surface area contributed by atoms with Gasteiger partial charge in [-0.15, -0.1) is 0 Å². The van der Waals surface area contributed by atoms with Crippen molar-refractivity contribution in [3.05, 3.63) is 29.3 Å². The van der Waals surface area contributed by atoms with E-state index in [1.54, 1.807) is 0 Å². The van der Waals surface area contributed by atoms with Crippen LogP contribution in [0, 0.1) is 25.2 Å². The largest absolute Gasteiger partial charge is 0.494 e. The zero-order valence-corrected chi connectivity index (χ0v) is 14.0. The van der Waals surface area contributed by atoms with Crippen molar-refractivity contribution in [3.63, 3.8) is 0 Å². The van der Waals surface area contributed by atoms with Crippen LogP contribution in [-0.4, -0.2) is 18.2 Å². The molecule has 3 nitrogen and oxygen atoms in total. The van der Waals surface area contributed by atoms with Gasteiger partial charge in [0.25, 0.3) is 0 Å². The molecule has 0 heterocycles. The predicted molar refractivity (Wildman–Crippen MR) is 87.6 cm³/mol. The average molecular weight is 288 g/mol. The fourth-order valence-electron chi connectivity index (χ4n) is 2.44. The van der Waals surface area contributed by atoms with E-state index in [0.29, 0.717) is 12.6 Å². The summed E-state index contributed by atoms with van der Waals surface area (Å²) in [6, 6.07) is 8.91. The Morgan fingerprint density at radius 2 is 2.00 bits per heavy atom. The number of benzene rings is 1. The van der Waals surface area contributed by atoms with Gasteiger partial charge in [0.05, 0.1) is 12.7 Å². The molecule has 0 saturated carbocycles. The highest BCUT2D eigenvalue weighted by Gasteiger charge is 2.27. The van der Waals surface area contributed by atoms with Crippen LogP contribution in [-0.2, 0) is 0 Å². The molecule has 1 unspecified atom stereocenters. The summed E-state index contributed by atoms with van der Waals surface area (Å²) in [5, 5.41) is 12.8. The normalized spacial score (nSPS) is 13.8. The van der Waals surface area contributed by atoms with Gasteiger partial charge in [0.2, 0.25) is 0 Å². The van der Waals surface area contributed by atoms with Crippen molar-refractivity contribution < 1.29 is 4.74 Å². The van der Waals surface area contributed by atoms with E-state index >= 15 is 0 Å². The summed E-state index contributed by atoms with van der Waals surface area (Å²) in [5.41, 5.74) is 2.09. The third-order valence-electron chi connectivity index (χ3n) is 3.88. The molecule has 0 fully saturated rings. The topological polar surface area (TPSA) is 45.0 Å². The van der Waals surface area contributed by atoms with Crippen LogP contribution in [0.1, 0.15) is 51.2 Å². The Morgan fingerprint density at radius 3 is 2.52 bits per heavy atom. The molecule has 1 aromatic carbocycles. The van der Waals surface area contributed by atoms with Crippen LogP contribution in [0.25, 0.3) is 0 Å². The van der Waals surface area contributed by atoms with Crippen molar-refractivity contribution in [2.45, 2.75) is 65.5 Å². The lowest BCUT2D eigenvalue weighted by molar-refractivity contribution is 0.268. The molecule has 0 radical (unpaired) electrons. The van der Waals surface area contributed by atoms with Gasteiger partial charge in [0, 0.05) is 6.04 Å². The Kier molecular flexibility index (Phi) is 6.71. The molecule has 1 atom stereocenters. The number of hydrogen-bond donors (Lipinski definition) is 1. The summed E-state index contributed by atoms with van der Waals surface area (Å²) in [4.78, 5) is 0. The van der Waals surface area contributed by atoms with Crippen LogP contribution >= 0.6 is 0 Å². The maximum Gasteiger partial charge on any atom is 0.119 e. The lowest BCUT2D eigenvalue weighted by atomic mass is 9.91. The Hall–Kier alpha value is -1.53. The third kappa shape index (κ3) is 5.40. The van der Waals surface area contributed by atoms with Crippen LogP contribution in [0.2, 0.25) is 0 Å². The summed E-state index contributed by atoms with van der Waals surface area (Å²) in [7, 11) is 0. The summed E-state index contributed by atoms with van der Waals surface area (Å²) >= 11 is 0. The second-order valence-corrected chi connectivity index (χ2v) is 6.04. The first-order valence-corrected chi connectivity index (χ1v) is 7.81. The van der Waals surface area contributed by atoms with E-state index in [0.717, 1.165) is 25.0 Å². The average Bonchev–Trinajstić information content (AvgIpc) is 2.45. The first kappa shape index (κ1) is 17.5. The van der Waals surface area contributed by atoms with Gasteiger partial charge in [0.1, 0.15) is 11.3 Å². The molecule has 0 aromatic heterocycles. The molecule has 1 aromatic rings. The maximum atomic E-state index is 9.46. The Morgan fingerprint density at radius 1 is 1.29 bits per heavy atom. The lowest BCUT2D eigenvalue weighted by Gasteiger charge is -2.29. The molecular weight excluding hydrogens is 260 g/mol. The van der Waals surface area contributed by atoms with E-state index in [9.17, 15) is 5.26 Å². The number of aryl methyl sites for hydroxylation is 2. The van der Waals surface area contributed by atoms with Gasteiger partial charge >= 0.3 is 0 Å². The molecule has 0 bridgehead atoms. The van der Waals surface area contributed by atoms with E-state index < -0.39 is 5.54 Å². The molecule has 3 heteroatoms. The van der Waals surface area contributed by atoms with Crippen molar-refractivity contribution in [1.82, 2.24) is 5.32 Å². The van der Waals surface area contributed by atoms with Crippen LogP contribution in [0.15, 0.2) is 18.2 Å². The van der Waals surface area contributed by atoms with Crippen molar-refractivity contribution >= 4 is 0 Å². The predicted octanol–water partition coefficient (Wildman–Crippen LogP) is 4.13. The zero-order chi connectivity index (χ0) is 15.9. The smallest absolute Gasteiger partial charge is 0.119 e. The van der Waals surface area contributed by atoms with E-state index in [4.69, 9.17) is 4.74 Å². The fraction of sp³-hybridized carbons (Fsp3) is 0.611. The first-order valence-electron chi connectivity index (χ1n) is 7.81. The molecular formula is C18H28N2O. The molecule has 1 N–H and O–H groups in total. The molecule has 0 saturated heterocycles. The zero-order valence-electron chi connectivity index (χ0n) is 14.0. The van der Waals surface area contributed by atoms with Gasteiger partial charge in [-0.1, -0.05) is 13.0 Å². The minimum atomic E-state index is -0.430. The summed E-state index contributed by atoms with van der Waals surface area (Å²) in [6.45, 7) is 11.0. The molecule has 0 aliphatic rings. The van der Waals surface area contributed by atoms with Crippen LogP contribution in [0.5, 0.6) is 5.75 Å². The van der Waals surface area contributed by atoms with Gasteiger partial charge in [-0.25, -0.2) is 0 Å². The molecule has 21 heavy (non-hydrogen) atoms. The quantitative estimate of drug-likeness (QED) is 0.731. The number of nitriles is 1. The van der Waals surface area contributed by atoms with E-state index in [1.807, 2.05) is 6.07 Å². The Balaban J connectivity index is 2.48. The van der Waals surface area contributed by atoms with E-state index in [1.165, 1.54) is 11.1 Å². The van der Waals surface area contributed by atoms with Crippen LogP contribution in [0.4, 0.5) is 0 Å². The summed E-state index contributed by atoms with van der Waals surface area (Å²) < 4.78 is 5.79. The monoisotopic (exact) mass is 288 g/mol. The highest BCUT2D eigenvalue weighted by molar-refractivity contribution is 5.33. The van der Waals surface area contributed by atoms with Gasteiger partial charge < -0.3 is 4.74 Å². The summed E-state index contributed by atoms with van der Waals surface area (Å²) in [5.74, 6) is 0.911. The second kappa shape index (κ2) is 8.05. The van der Waals surface area contributed by atoms with Crippen molar-refractivity contribution in [3.8, 4) is 11.8 Å². The number of nitrogens with zero attached hydrogens (tertiary/aromatic N) is 1. The van der Waals surface area contributed by atoms with Crippen molar-refractivity contribution in [1.29, 1.82) is 5.26 Å². The fourth-order valence-corrected chi connectivity index (χ4v) is 2.44. The molecule has 0 amide bonds. The number of ether oxygens (including phenoxy) is 1. The molecule has 0 spiro atoms. The highest BCUT2D eigenvalue weighted by atomic mass is 16.5. The maximum absolute atomic E-state index is 9.46. The van der Waals surface area contributed by atoms with Crippen molar-refractivity contribution in [2.24, 2.45) is 0 Å². The lowest BCUT2D eigenvalue weighted by Crippen LogP contribution is -2.47. The number of nitrogens with one attached hydrogen (secondary N) is 1. The molecule has 1 rings (SSSR count). The van der Waals surface area contributed by atoms with Crippen LogP contribution < -0.4 is 10.1 Å². The Bertz CT molecular complexity index is 490. The van der Waals surface area contributed by atoms with Gasteiger partial charge in [0.15, 0.2) is 0 Å². The standard InChI is InChI=1S/C18H28N2O/c1-6-18(13-19,20-14(2)3)10-7-11-21-17-9-8-15(4)16(5)12-17/h8-9,12,14,20H,6-7,10-11H2,1-5H3. The van der Waals surface area contributed by atoms with Gasteiger partial charge in [-0.05, 0) is 70.2 Å². The van der Waals surface area contributed by atoms with Gasteiger partial charge in [-0.3, -0.25) is 5.32 Å². The van der Waals surface area contributed by atoms with Crippen molar-refractivity contribution in [2.75, 3.05) is 6.61 Å². The van der Waals surface area contributed by atoms with Crippen LogP contribution in [0.3, 0.4) is 0 Å². The first-order chi connectivity index (χ1) is 9.92. The highest BCUT2D eigenvalue weighted by Crippen LogP contribution is 2.20.